The average Bonchev–Trinajstić information content (AvgIpc) is 3.10. The average molecular weight is 365 g/mol. The molecule has 0 aliphatic heterocycles. The molecule has 130 valence electrons. The molecule has 4 nitrogen and oxygen atoms in total. The first kappa shape index (κ1) is 16.1. The molecule has 0 saturated heterocycles. The van der Waals surface area contributed by atoms with Crippen LogP contribution in [0.5, 0.6) is 0 Å². The normalized spacial score (nSPS) is 20.0. The molecule has 2 heterocycles. The lowest BCUT2D eigenvalue weighted by atomic mass is 10.0. The van der Waals surface area contributed by atoms with E-state index in [4.69, 9.17) is 0 Å². The highest BCUT2D eigenvalue weighted by atomic mass is 32.1. The number of alkyl halides is 3. The number of aromatic nitrogens is 2. The van der Waals surface area contributed by atoms with Crippen LogP contribution in [-0.4, -0.2) is 15.3 Å². The van der Waals surface area contributed by atoms with Crippen LogP contribution in [-0.2, 0) is 17.5 Å². The van der Waals surface area contributed by atoms with E-state index in [-0.39, 0.29) is 23.9 Å². The van der Waals surface area contributed by atoms with Crippen LogP contribution in [0.25, 0.3) is 4.96 Å². The Kier molecular flexibility index (Phi) is 3.79. The number of carbonyl (C=O) groups excluding carboxylic acids is 1. The van der Waals surface area contributed by atoms with Crippen molar-refractivity contribution in [3.8, 4) is 0 Å². The highest BCUT2D eigenvalue weighted by Gasteiger charge is 2.47. The quantitative estimate of drug-likeness (QED) is 0.764. The first-order valence-electron chi connectivity index (χ1n) is 7.78. The summed E-state index contributed by atoms with van der Waals surface area (Å²) < 4.78 is 41.2. The van der Waals surface area contributed by atoms with E-state index in [1.54, 1.807) is 6.07 Å². The summed E-state index contributed by atoms with van der Waals surface area (Å²) in [6, 6.07) is 5.48. The van der Waals surface area contributed by atoms with Crippen LogP contribution in [0.15, 0.2) is 42.0 Å². The number of hydrogen-bond acceptors (Lipinski definition) is 3. The van der Waals surface area contributed by atoms with Crippen LogP contribution in [0.3, 0.4) is 0 Å². The Morgan fingerprint density at radius 3 is 2.92 bits per heavy atom. The third kappa shape index (κ3) is 3.13. The number of amides is 1. The molecule has 4 rings (SSSR count). The zero-order chi connectivity index (χ0) is 17.6. The van der Waals surface area contributed by atoms with Gasteiger partial charge in [0, 0.05) is 23.7 Å². The zero-order valence-electron chi connectivity index (χ0n) is 13.0. The Morgan fingerprint density at radius 2 is 2.16 bits per heavy atom. The van der Waals surface area contributed by atoms with E-state index in [9.17, 15) is 18.0 Å². The van der Waals surface area contributed by atoms with Crippen LogP contribution < -0.4 is 5.32 Å². The molecule has 2 aromatic heterocycles. The van der Waals surface area contributed by atoms with Gasteiger partial charge in [-0.25, -0.2) is 4.98 Å². The Morgan fingerprint density at radius 1 is 1.36 bits per heavy atom. The SMILES string of the molecule is O=C(NCc1cn2ccsc2n1)[C@@H]1C[C@@H]1c1ccccc1C(F)(F)F. The molecule has 0 spiro atoms. The Labute approximate surface area is 145 Å². The second kappa shape index (κ2) is 5.87. The van der Waals surface area contributed by atoms with Gasteiger partial charge < -0.3 is 5.32 Å². The fourth-order valence-corrected chi connectivity index (χ4v) is 3.80. The van der Waals surface area contributed by atoms with Crippen molar-refractivity contribution in [2.45, 2.75) is 25.1 Å². The highest BCUT2D eigenvalue weighted by Crippen LogP contribution is 2.51. The maximum Gasteiger partial charge on any atom is 0.416 e. The van der Waals surface area contributed by atoms with Crippen molar-refractivity contribution in [2.24, 2.45) is 5.92 Å². The first-order chi connectivity index (χ1) is 11.9. The van der Waals surface area contributed by atoms with Gasteiger partial charge in [0.05, 0.1) is 17.8 Å². The van der Waals surface area contributed by atoms with Gasteiger partial charge in [0.15, 0.2) is 4.96 Å². The molecule has 1 amide bonds. The standard InChI is InChI=1S/C17H14F3N3OS/c18-17(19,20)14-4-2-1-3-11(14)12-7-13(12)15(24)21-8-10-9-23-5-6-25-16(23)22-10/h1-6,9,12-13H,7-8H2,(H,21,24)/t12-,13-/m1/s1. The Hall–Kier alpha value is -2.35. The third-order valence-corrected chi connectivity index (χ3v) is 5.15. The fraction of sp³-hybridized carbons (Fsp3) is 0.294. The van der Waals surface area contributed by atoms with Crippen molar-refractivity contribution >= 4 is 22.2 Å². The molecule has 1 aromatic carbocycles. The number of carbonyl (C=O) groups is 1. The molecule has 1 aliphatic rings. The van der Waals surface area contributed by atoms with E-state index in [0.717, 1.165) is 16.7 Å². The fourth-order valence-electron chi connectivity index (χ4n) is 3.08. The topological polar surface area (TPSA) is 46.4 Å². The lowest BCUT2D eigenvalue weighted by Gasteiger charge is -2.12. The number of fused-ring (bicyclic) bond motifs is 1. The molecule has 0 bridgehead atoms. The summed E-state index contributed by atoms with van der Waals surface area (Å²) >= 11 is 1.50. The van der Waals surface area contributed by atoms with E-state index in [1.807, 2.05) is 22.2 Å². The largest absolute Gasteiger partial charge is 0.416 e. The number of rotatable bonds is 4. The number of imidazole rings is 1. The van der Waals surface area contributed by atoms with Gasteiger partial charge in [-0.05, 0) is 24.0 Å². The van der Waals surface area contributed by atoms with Crippen LogP contribution in [0, 0.1) is 5.92 Å². The molecule has 0 unspecified atom stereocenters. The van der Waals surface area contributed by atoms with Crippen molar-refractivity contribution < 1.29 is 18.0 Å². The lowest BCUT2D eigenvalue weighted by Crippen LogP contribution is -2.25. The van der Waals surface area contributed by atoms with Gasteiger partial charge in [-0.15, -0.1) is 11.3 Å². The molecule has 1 saturated carbocycles. The highest BCUT2D eigenvalue weighted by molar-refractivity contribution is 7.15. The molecule has 1 fully saturated rings. The number of halogens is 3. The van der Waals surface area contributed by atoms with E-state index in [2.05, 4.69) is 10.3 Å². The van der Waals surface area contributed by atoms with E-state index < -0.39 is 17.7 Å². The summed E-state index contributed by atoms with van der Waals surface area (Å²) in [5.74, 6) is -1.01. The minimum Gasteiger partial charge on any atom is -0.350 e. The van der Waals surface area contributed by atoms with Crippen LogP contribution >= 0.6 is 11.3 Å². The summed E-state index contributed by atoms with van der Waals surface area (Å²) in [4.78, 5) is 17.5. The Balaban J connectivity index is 1.41. The lowest BCUT2D eigenvalue weighted by molar-refractivity contribution is -0.138. The number of nitrogens with zero attached hydrogens (tertiary/aromatic N) is 2. The molecular weight excluding hydrogens is 351 g/mol. The second-order valence-corrected chi connectivity index (χ2v) is 6.95. The van der Waals surface area contributed by atoms with E-state index >= 15 is 0 Å². The Bertz CT molecular complexity index is 902. The third-order valence-electron chi connectivity index (χ3n) is 4.38. The predicted molar refractivity (Wildman–Crippen MR) is 87.2 cm³/mol. The molecule has 0 radical (unpaired) electrons. The minimum absolute atomic E-state index is 0.206. The number of benzene rings is 1. The summed E-state index contributed by atoms with van der Waals surface area (Å²) in [6.45, 7) is 0.275. The summed E-state index contributed by atoms with van der Waals surface area (Å²) in [5, 5.41) is 4.69. The first-order valence-corrected chi connectivity index (χ1v) is 8.66. The summed E-state index contributed by atoms with van der Waals surface area (Å²) in [6.07, 6.45) is -0.252. The van der Waals surface area contributed by atoms with Gasteiger partial charge in [-0.2, -0.15) is 13.2 Å². The van der Waals surface area contributed by atoms with Crippen molar-refractivity contribution in [2.75, 3.05) is 0 Å². The number of hydrogen-bond donors (Lipinski definition) is 1. The van der Waals surface area contributed by atoms with Gasteiger partial charge in [0.1, 0.15) is 0 Å². The summed E-state index contributed by atoms with van der Waals surface area (Å²) in [7, 11) is 0. The minimum atomic E-state index is -4.40. The molecule has 8 heteroatoms. The zero-order valence-corrected chi connectivity index (χ0v) is 13.8. The van der Waals surface area contributed by atoms with Crippen LogP contribution in [0.1, 0.15) is 29.2 Å². The number of thiazole rings is 1. The van der Waals surface area contributed by atoms with Crippen molar-refractivity contribution in [1.82, 2.24) is 14.7 Å². The van der Waals surface area contributed by atoms with Gasteiger partial charge in [0.25, 0.3) is 0 Å². The predicted octanol–water partition coefficient (Wildman–Crippen LogP) is 3.83. The van der Waals surface area contributed by atoms with E-state index in [0.29, 0.717) is 6.42 Å². The molecule has 2 atom stereocenters. The van der Waals surface area contributed by atoms with E-state index in [1.165, 1.54) is 23.5 Å². The van der Waals surface area contributed by atoms with Gasteiger partial charge in [0.2, 0.25) is 5.91 Å². The monoisotopic (exact) mass is 365 g/mol. The molecule has 1 N–H and O–H groups in total. The van der Waals surface area contributed by atoms with Gasteiger partial charge in [-0.3, -0.25) is 9.20 Å². The van der Waals surface area contributed by atoms with Crippen LogP contribution in [0.4, 0.5) is 13.2 Å². The van der Waals surface area contributed by atoms with Gasteiger partial charge in [-0.1, -0.05) is 18.2 Å². The molecular formula is C17H14F3N3OS. The van der Waals surface area contributed by atoms with Crippen molar-refractivity contribution in [3.05, 3.63) is 58.9 Å². The van der Waals surface area contributed by atoms with Crippen molar-refractivity contribution in [1.29, 1.82) is 0 Å². The molecule has 1 aliphatic carbocycles. The number of nitrogens with one attached hydrogen (secondary N) is 1. The second-order valence-electron chi connectivity index (χ2n) is 6.08. The van der Waals surface area contributed by atoms with Gasteiger partial charge >= 0.3 is 6.18 Å². The molecule has 25 heavy (non-hydrogen) atoms. The summed E-state index contributed by atoms with van der Waals surface area (Å²) in [5.41, 5.74) is 0.287. The van der Waals surface area contributed by atoms with Crippen molar-refractivity contribution in [3.63, 3.8) is 0 Å². The maximum absolute atomic E-state index is 13.1. The smallest absolute Gasteiger partial charge is 0.350 e. The maximum atomic E-state index is 13.1. The van der Waals surface area contributed by atoms with Crippen LogP contribution in [0.2, 0.25) is 0 Å². The molecule has 3 aromatic rings.